The van der Waals surface area contributed by atoms with Crippen LogP contribution in [-0.2, 0) is 0 Å². The van der Waals surface area contributed by atoms with Crippen molar-refractivity contribution >= 4 is 35.1 Å². The third-order valence-corrected chi connectivity index (χ3v) is 5.87. The van der Waals surface area contributed by atoms with Crippen LogP contribution in [0.5, 0.6) is 11.5 Å². The Hall–Kier alpha value is -3.89. The van der Waals surface area contributed by atoms with Gasteiger partial charge in [-0.2, -0.15) is 5.10 Å². The van der Waals surface area contributed by atoms with E-state index >= 15 is 0 Å². The summed E-state index contributed by atoms with van der Waals surface area (Å²) in [5, 5.41) is 6.92. The minimum atomic E-state index is -0.772. The molecule has 1 fully saturated rings. The number of rotatable bonds is 6. The van der Waals surface area contributed by atoms with E-state index in [0.29, 0.717) is 5.56 Å². The van der Waals surface area contributed by atoms with Crippen LogP contribution in [0.2, 0.25) is 10.2 Å². The fraction of sp³-hybridized carbons (Fsp3) is 0.130. The van der Waals surface area contributed by atoms with Crippen molar-refractivity contribution in [3.05, 3.63) is 87.0 Å². The van der Waals surface area contributed by atoms with Gasteiger partial charge in [0.05, 0.1) is 18.4 Å². The number of aromatic nitrogens is 5. The maximum absolute atomic E-state index is 13.4. The summed E-state index contributed by atoms with van der Waals surface area (Å²) in [5.74, 6) is -0.769. The van der Waals surface area contributed by atoms with E-state index in [1.54, 1.807) is 10.9 Å². The number of hydrogen-bond donors (Lipinski definition) is 1. The van der Waals surface area contributed by atoms with Gasteiger partial charge in [0.15, 0.2) is 22.3 Å². The zero-order chi connectivity index (χ0) is 24.5. The summed E-state index contributed by atoms with van der Waals surface area (Å²) in [5.41, 5.74) is -0.180. The van der Waals surface area contributed by atoms with Crippen molar-refractivity contribution in [1.82, 2.24) is 24.7 Å². The zero-order valence-corrected chi connectivity index (χ0v) is 19.3. The first kappa shape index (κ1) is 22.9. The molecule has 1 aromatic carbocycles. The number of halogens is 3. The fourth-order valence-corrected chi connectivity index (χ4v) is 3.52. The average Bonchev–Trinajstić information content (AvgIpc) is 3.70. The molecule has 3 aromatic heterocycles. The summed E-state index contributed by atoms with van der Waals surface area (Å²) < 4.78 is 20.5. The number of carbonyl (C=O) groups excluding carboxylic acids is 1. The molecule has 4 aromatic rings. The molecule has 0 radical (unpaired) electrons. The van der Waals surface area contributed by atoms with E-state index in [0.717, 1.165) is 12.8 Å². The molecule has 5 rings (SSSR count). The van der Waals surface area contributed by atoms with Crippen molar-refractivity contribution in [3.8, 4) is 22.6 Å². The highest BCUT2D eigenvalue weighted by molar-refractivity contribution is 6.42. The third kappa shape index (κ3) is 4.98. The van der Waals surface area contributed by atoms with E-state index in [4.69, 9.17) is 27.9 Å². The number of carbonyl (C=O) groups is 1. The maximum Gasteiger partial charge on any atom is 0.282 e. The minimum Gasteiger partial charge on any atom is -0.452 e. The van der Waals surface area contributed by atoms with Crippen LogP contribution >= 0.6 is 23.2 Å². The molecule has 1 saturated carbocycles. The van der Waals surface area contributed by atoms with E-state index < -0.39 is 17.2 Å². The van der Waals surface area contributed by atoms with Crippen LogP contribution in [0.4, 0.5) is 10.3 Å². The van der Waals surface area contributed by atoms with Gasteiger partial charge in [-0.25, -0.2) is 19.3 Å². The Balaban J connectivity index is 1.39. The van der Waals surface area contributed by atoms with Gasteiger partial charge in [-0.1, -0.05) is 35.3 Å². The molecule has 0 unspecified atom stereocenters. The summed E-state index contributed by atoms with van der Waals surface area (Å²) in [6, 6.07) is 7.09. The van der Waals surface area contributed by atoms with Gasteiger partial charge in [-0.15, -0.1) is 0 Å². The molecule has 1 N–H and O–H groups in total. The summed E-state index contributed by atoms with van der Waals surface area (Å²) in [6.45, 7) is 0. The number of amides is 1. The minimum absolute atomic E-state index is 0.0624. The van der Waals surface area contributed by atoms with Gasteiger partial charge in [0.2, 0.25) is 11.4 Å². The standard InChI is InChI=1S/C23H15Cl2FN6O3/c24-18-17(7-8-27-21(18)25)35-15-9-28-23(29-10-15)30-22(34)19-20(33)16(11-32(31-19)14-5-6-14)12-1-3-13(26)4-2-12/h1-4,7-11,14H,5-6H2,(H,28,29,30,34). The van der Waals surface area contributed by atoms with Crippen molar-refractivity contribution in [2.45, 2.75) is 18.9 Å². The molecule has 0 bridgehead atoms. The summed E-state index contributed by atoms with van der Waals surface area (Å²) in [4.78, 5) is 37.9. The largest absolute Gasteiger partial charge is 0.452 e. The Morgan fingerprint density at radius 1 is 1.09 bits per heavy atom. The molecular weight excluding hydrogens is 498 g/mol. The summed E-state index contributed by atoms with van der Waals surface area (Å²) in [7, 11) is 0. The number of nitrogens with zero attached hydrogens (tertiary/aromatic N) is 5. The molecule has 1 amide bonds. The highest BCUT2D eigenvalue weighted by atomic mass is 35.5. The normalized spacial score (nSPS) is 12.9. The van der Waals surface area contributed by atoms with Crippen molar-refractivity contribution < 1.29 is 13.9 Å². The highest BCUT2D eigenvalue weighted by Crippen LogP contribution is 2.35. The number of benzene rings is 1. The molecule has 35 heavy (non-hydrogen) atoms. The van der Waals surface area contributed by atoms with Crippen LogP contribution in [0, 0.1) is 5.82 Å². The molecule has 1 aliphatic carbocycles. The van der Waals surface area contributed by atoms with Gasteiger partial charge >= 0.3 is 0 Å². The monoisotopic (exact) mass is 512 g/mol. The molecule has 3 heterocycles. The van der Waals surface area contributed by atoms with Gasteiger partial charge in [0.1, 0.15) is 10.8 Å². The Morgan fingerprint density at radius 2 is 1.80 bits per heavy atom. The predicted octanol–water partition coefficient (Wildman–Crippen LogP) is 4.92. The average molecular weight is 513 g/mol. The van der Waals surface area contributed by atoms with Crippen molar-refractivity contribution in [3.63, 3.8) is 0 Å². The SMILES string of the molecule is O=C(Nc1ncc(Oc2ccnc(Cl)c2Cl)cn1)c1nn(C2CC2)cc(-c2ccc(F)cc2)c1=O. The lowest BCUT2D eigenvalue weighted by molar-refractivity contribution is 0.101. The van der Waals surface area contributed by atoms with Crippen LogP contribution in [-0.4, -0.2) is 30.6 Å². The van der Waals surface area contributed by atoms with E-state index in [1.165, 1.54) is 48.9 Å². The predicted molar refractivity (Wildman–Crippen MR) is 126 cm³/mol. The molecular formula is C23H15Cl2FN6O3. The molecule has 0 spiro atoms. The second-order valence-corrected chi connectivity index (χ2v) is 8.39. The first-order valence-corrected chi connectivity index (χ1v) is 11.2. The Morgan fingerprint density at radius 3 is 2.49 bits per heavy atom. The van der Waals surface area contributed by atoms with E-state index in [9.17, 15) is 14.0 Å². The van der Waals surface area contributed by atoms with Crippen molar-refractivity contribution in [1.29, 1.82) is 0 Å². The molecule has 0 aliphatic heterocycles. The first-order valence-electron chi connectivity index (χ1n) is 10.4. The first-order chi connectivity index (χ1) is 16.9. The van der Waals surface area contributed by atoms with E-state index in [-0.39, 0.29) is 44.9 Å². The van der Waals surface area contributed by atoms with E-state index in [2.05, 4.69) is 25.4 Å². The fourth-order valence-electron chi connectivity index (χ4n) is 3.22. The second-order valence-electron chi connectivity index (χ2n) is 7.65. The van der Waals surface area contributed by atoms with Crippen LogP contribution in [0.15, 0.2) is 59.9 Å². The molecule has 0 atom stereocenters. The Bertz CT molecular complexity index is 1470. The van der Waals surface area contributed by atoms with Gasteiger partial charge in [0, 0.05) is 24.0 Å². The summed E-state index contributed by atoms with van der Waals surface area (Å²) in [6.07, 6.45) is 7.42. The van der Waals surface area contributed by atoms with Crippen LogP contribution in [0.3, 0.4) is 0 Å². The molecule has 12 heteroatoms. The molecule has 9 nitrogen and oxygen atoms in total. The number of ether oxygens (including phenoxy) is 1. The number of nitrogens with one attached hydrogen (secondary N) is 1. The zero-order valence-electron chi connectivity index (χ0n) is 17.8. The topological polar surface area (TPSA) is 112 Å². The van der Waals surface area contributed by atoms with E-state index in [1.807, 2.05) is 0 Å². The lowest BCUT2D eigenvalue weighted by Gasteiger charge is -2.11. The van der Waals surface area contributed by atoms with Crippen LogP contribution in [0.1, 0.15) is 29.4 Å². The number of hydrogen-bond acceptors (Lipinski definition) is 7. The van der Waals surface area contributed by atoms with Gasteiger partial charge in [0.25, 0.3) is 5.91 Å². The molecule has 0 saturated heterocycles. The summed E-state index contributed by atoms with van der Waals surface area (Å²) >= 11 is 11.9. The lowest BCUT2D eigenvalue weighted by atomic mass is 10.1. The maximum atomic E-state index is 13.4. The Labute approximate surface area is 207 Å². The van der Waals surface area contributed by atoms with Gasteiger partial charge in [-0.3, -0.25) is 19.6 Å². The smallest absolute Gasteiger partial charge is 0.282 e. The van der Waals surface area contributed by atoms with Crippen molar-refractivity contribution in [2.75, 3.05) is 5.32 Å². The number of anilines is 1. The van der Waals surface area contributed by atoms with Crippen molar-refractivity contribution in [2.24, 2.45) is 0 Å². The quantitative estimate of drug-likeness (QED) is 0.364. The second kappa shape index (κ2) is 9.40. The molecule has 176 valence electrons. The van der Waals surface area contributed by atoms with Crippen LogP contribution < -0.4 is 15.5 Å². The van der Waals surface area contributed by atoms with Crippen LogP contribution in [0.25, 0.3) is 11.1 Å². The van der Waals surface area contributed by atoms with Gasteiger partial charge in [-0.05, 0) is 30.5 Å². The van der Waals surface area contributed by atoms with Gasteiger partial charge < -0.3 is 4.74 Å². The highest BCUT2D eigenvalue weighted by Gasteiger charge is 2.27. The third-order valence-electron chi connectivity index (χ3n) is 5.12. The molecule has 1 aliphatic rings. The Kier molecular flexibility index (Phi) is 6.14. The number of pyridine rings is 1. The lowest BCUT2D eigenvalue weighted by Crippen LogP contribution is -2.28.